The van der Waals surface area contributed by atoms with Crippen molar-refractivity contribution < 1.29 is 19.1 Å². The van der Waals surface area contributed by atoms with E-state index in [0.717, 1.165) is 16.3 Å². The van der Waals surface area contributed by atoms with E-state index >= 15 is 0 Å². The summed E-state index contributed by atoms with van der Waals surface area (Å²) >= 11 is 5.84. The zero-order valence-electron chi connectivity index (χ0n) is 15.4. The number of methoxy groups -OCH3 is 1. The summed E-state index contributed by atoms with van der Waals surface area (Å²) in [6.07, 6.45) is 0.662. The van der Waals surface area contributed by atoms with Crippen LogP contribution in [0.2, 0.25) is 5.02 Å². The van der Waals surface area contributed by atoms with Gasteiger partial charge in [0, 0.05) is 11.6 Å². The van der Waals surface area contributed by atoms with Crippen molar-refractivity contribution in [2.24, 2.45) is 0 Å². The van der Waals surface area contributed by atoms with Crippen LogP contribution in [-0.4, -0.2) is 32.1 Å². The largest absolute Gasteiger partial charge is 0.496 e. The Morgan fingerprint density at radius 1 is 1.00 bits per heavy atom. The smallest absolute Gasteiger partial charge is 0.342 e. The molecular weight excluding hydrogens is 378 g/mol. The summed E-state index contributed by atoms with van der Waals surface area (Å²) in [6.45, 7) is 0.0900. The highest BCUT2D eigenvalue weighted by Gasteiger charge is 2.16. The lowest BCUT2D eigenvalue weighted by Crippen LogP contribution is -2.30. The van der Waals surface area contributed by atoms with Crippen LogP contribution in [0.1, 0.15) is 15.9 Å². The molecule has 3 aromatic rings. The van der Waals surface area contributed by atoms with Gasteiger partial charge in [0.1, 0.15) is 11.3 Å². The summed E-state index contributed by atoms with van der Waals surface area (Å²) < 4.78 is 10.4. The lowest BCUT2D eigenvalue weighted by atomic mass is 10.1. The highest BCUT2D eigenvalue weighted by Crippen LogP contribution is 2.26. The average molecular weight is 398 g/mol. The van der Waals surface area contributed by atoms with Crippen molar-refractivity contribution in [2.45, 2.75) is 6.42 Å². The van der Waals surface area contributed by atoms with E-state index in [1.807, 2.05) is 36.4 Å². The Kier molecular flexibility index (Phi) is 6.50. The number of rotatable bonds is 7. The fraction of sp³-hybridized carbons (Fsp3) is 0.182. The topological polar surface area (TPSA) is 64.6 Å². The molecule has 1 N–H and O–H groups in total. The normalized spacial score (nSPS) is 10.5. The molecule has 0 spiro atoms. The predicted octanol–water partition coefficient (Wildman–Crippen LogP) is 4.02. The fourth-order valence-electron chi connectivity index (χ4n) is 2.81. The molecule has 0 aromatic heterocycles. The van der Waals surface area contributed by atoms with Crippen molar-refractivity contribution in [3.05, 3.63) is 76.8 Å². The van der Waals surface area contributed by atoms with Gasteiger partial charge >= 0.3 is 5.97 Å². The maximum Gasteiger partial charge on any atom is 0.342 e. The summed E-state index contributed by atoms with van der Waals surface area (Å²) in [5.74, 6) is -0.552. The predicted molar refractivity (Wildman–Crippen MR) is 109 cm³/mol. The molecule has 3 rings (SSSR count). The van der Waals surface area contributed by atoms with Gasteiger partial charge in [-0.15, -0.1) is 0 Å². The monoisotopic (exact) mass is 397 g/mol. The second kappa shape index (κ2) is 9.24. The first-order valence-electron chi connectivity index (χ1n) is 8.82. The quantitative estimate of drug-likeness (QED) is 0.611. The van der Waals surface area contributed by atoms with Crippen LogP contribution in [-0.2, 0) is 16.0 Å². The van der Waals surface area contributed by atoms with Crippen molar-refractivity contribution in [1.29, 1.82) is 0 Å². The minimum absolute atomic E-state index is 0.287. The molecule has 0 aliphatic heterocycles. The van der Waals surface area contributed by atoms with Gasteiger partial charge in [-0.2, -0.15) is 0 Å². The van der Waals surface area contributed by atoms with Crippen LogP contribution in [0.25, 0.3) is 10.8 Å². The molecule has 0 atom stereocenters. The summed E-state index contributed by atoms with van der Waals surface area (Å²) in [4.78, 5) is 24.4. The van der Waals surface area contributed by atoms with Gasteiger partial charge in [0.05, 0.1) is 7.11 Å². The van der Waals surface area contributed by atoms with Gasteiger partial charge in [-0.05, 0) is 47.0 Å². The second-order valence-corrected chi connectivity index (χ2v) is 6.64. The number of ether oxygens (including phenoxy) is 2. The maximum absolute atomic E-state index is 12.4. The van der Waals surface area contributed by atoms with Gasteiger partial charge in [-0.25, -0.2) is 4.79 Å². The van der Waals surface area contributed by atoms with Crippen LogP contribution < -0.4 is 10.1 Å². The fourth-order valence-corrected chi connectivity index (χ4v) is 2.93. The third-order valence-corrected chi connectivity index (χ3v) is 4.52. The number of hydrogen-bond acceptors (Lipinski definition) is 4. The standard InChI is InChI=1S/C22H20ClNO4/c1-27-20-13-17-5-3-2-4-16(17)12-19(20)22(26)28-14-21(25)24-11-10-15-6-8-18(23)9-7-15/h2-9,12-13H,10-11,14H2,1H3,(H,24,25). The molecule has 3 aromatic carbocycles. The van der Waals surface area contributed by atoms with Gasteiger partial charge in [0.2, 0.25) is 0 Å². The van der Waals surface area contributed by atoms with Crippen molar-refractivity contribution in [3.63, 3.8) is 0 Å². The molecule has 0 fully saturated rings. The van der Waals surface area contributed by atoms with Crippen molar-refractivity contribution >= 4 is 34.2 Å². The highest BCUT2D eigenvalue weighted by molar-refractivity contribution is 6.30. The molecule has 0 saturated heterocycles. The lowest BCUT2D eigenvalue weighted by molar-refractivity contribution is -0.124. The van der Waals surface area contributed by atoms with Gasteiger partial charge in [-0.3, -0.25) is 4.79 Å². The van der Waals surface area contributed by atoms with Crippen LogP contribution in [0.5, 0.6) is 5.75 Å². The van der Waals surface area contributed by atoms with Crippen molar-refractivity contribution in [3.8, 4) is 5.75 Å². The van der Waals surface area contributed by atoms with Crippen LogP contribution in [0.3, 0.4) is 0 Å². The molecule has 144 valence electrons. The molecule has 0 aliphatic rings. The minimum Gasteiger partial charge on any atom is -0.496 e. The molecule has 0 saturated carbocycles. The molecule has 0 heterocycles. The Morgan fingerprint density at radius 2 is 1.68 bits per heavy atom. The number of fused-ring (bicyclic) bond motifs is 1. The van der Waals surface area contributed by atoms with E-state index in [1.54, 1.807) is 24.3 Å². The first-order valence-corrected chi connectivity index (χ1v) is 9.19. The molecular formula is C22H20ClNO4. The SMILES string of the molecule is COc1cc2ccccc2cc1C(=O)OCC(=O)NCCc1ccc(Cl)cc1. The zero-order chi connectivity index (χ0) is 19.9. The van der Waals surface area contributed by atoms with E-state index < -0.39 is 5.97 Å². The summed E-state index contributed by atoms with van der Waals surface area (Å²) in [5, 5.41) is 5.25. The maximum atomic E-state index is 12.4. The van der Waals surface area contributed by atoms with Gasteiger partial charge in [0.15, 0.2) is 6.61 Å². The van der Waals surface area contributed by atoms with E-state index in [9.17, 15) is 9.59 Å². The van der Waals surface area contributed by atoms with E-state index in [4.69, 9.17) is 21.1 Å². The minimum atomic E-state index is -0.601. The number of benzene rings is 3. The van der Waals surface area contributed by atoms with Gasteiger partial charge in [0.25, 0.3) is 5.91 Å². The number of nitrogens with one attached hydrogen (secondary N) is 1. The Balaban J connectivity index is 1.54. The molecule has 0 bridgehead atoms. The summed E-state index contributed by atoms with van der Waals surface area (Å²) in [5.41, 5.74) is 1.35. The molecule has 28 heavy (non-hydrogen) atoms. The Bertz CT molecular complexity index is 985. The third kappa shape index (κ3) is 5.02. The molecule has 1 amide bonds. The van der Waals surface area contributed by atoms with Crippen LogP contribution >= 0.6 is 11.6 Å². The Labute approximate surface area is 168 Å². The highest BCUT2D eigenvalue weighted by atomic mass is 35.5. The molecule has 0 unspecified atom stereocenters. The number of halogens is 1. The zero-order valence-corrected chi connectivity index (χ0v) is 16.2. The first-order chi connectivity index (χ1) is 13.6. The molecule has 0 aliphatic carbocycles. The first kappa shape index (κ1) is 19.7. The van der Waals surface area contributed by atoms with E-state index in [1.165, 1.54) is 7.11 Å². The number of carbonyl (C=O) groups excluding carboxylic acids is 2. The van der Waals surface area contributed by atoms with E-state index in [-0.39, 0.29) is 18.1 Å². The van der Waals surface area contributed by atoms with Crippen LogP contribution in [0.4, 0.5) is 0 Å². The number of esters is 1. The Morgan fingerprint density at radius 3 is 2.36 bits per heavy atom. The number of carbonyl (C=O) groups is 2. The molecule has 0 radical (unpaired) electrons. The van der Waals surface area contributed by atoms with Crippen molar-refractivity contribution in [2.75, 3.05) is 20.3 Å². The average Bonchev–Trinajstić information content (AvgIpc) is 2.72. The van der Waals surface area contributed by atoms with E-state index in [0.29, 0.717) is 23.7 Å². The number of hydrogen-bond donors (Lipinski definition) is 1. The van der Waals surface area contributed by atoms with E-state index in [2.05, 4.69) is 5.32 Å². The Hall–Kier alpha value is -3.05. The molecule has 5 nitrogen and oxygen atoms in total. The van der Waals surface area contributed by atoms with Crippen molar-refractivity contribution in [1.82, 2.24) is 5.32 Å². The second-order valence-electron chi connectivity index (χ2n) is 6.20. The lowest BCUT2D eigenvalue weighted by Gasteiger charge is -2.11. The summed E-state index contributed by atoms with van der Waals surface area (Å²) in [6, 6.07) is 18.5. The van der Waals surface area contributed by atoms with Crippen LogP contribution in [0.15, 0.2) is 60.7 Å². The van der Waals surface area contributed by atoms with Gasteiger partial charge < -0.3 is 14.8 Å². The summed E-state index contributed by atoms with van der Waals surface area (Å²) in [7, 11) is 1.49. The van der Waals surface area contributed by atoms with Gasteiger partial charge in [-0.1, -0.05) is 48.0 Å². The van der Waals surface area contributed by atoms with Crippen LogP contribution in [0, 0.1) is 0 Å². The molecule has 6 heteroatoms. The third-order valence-electron chi connectivity index (χ3n) is 4.27. The number of amides is 1.